The van der Waals surface area contributed by atoms with E-state index in [0.717, 1.165) is 37.6 Å². The molecule has 2 fully saturated rings. The topological polar surface area (TPSA) is 71.6 Å². The molecule has 1 aromatic carbocycles. The fraction of sp³-hybridized carbons (Fsp3) is 0.533. The van der Waals surface area contributed by atoms with Crippen LogP contribution in [0.3, 0.4) is 0 Å². The molecule has 0 saturated carbocycles. The predicted octanol–water partition coefficient (Wildman–Crippen LogP) is 1.42. The van der Waals surface area contributed by atoms with Crippen LogP contribution in [0.15, 0.2) is 24.3 Å². The van der Waals surface area contributed by atoms with Gasteiger partial charge in [-0.15, -0.1) is 0 Å². The highest BCUT2D eigenvalue weighted by atomic mass is 16.6. The molecule has 5 heteroatoms. The first-order valence-electron chi connectivity index (χ1n) is 6.72. The van der Waals surface area contributed by atoms with Crippen LogP contribution in [0.5, 0.6) is 0 Å². The summed E-state index contributed by atoms with van der Waals surface area (Å²) in [7, 11) is 0. The smallest absolute Gasteiger partial charge is 0.307 e. The van der Waals surface area contributed by atoms with Gasteiger partial charge in [0.1, 0.15) is 12.2 Å². The van der Waals surface area contributed by atoms with Crippen molar-refractivity contribution in [1.82, 2.24) is 0 Å². The molecule has 2 aliphatic heterocycles. The van der Waals surface area contributed by atoms with Crippen molar-refractivity contribution in [3.05, 3.63) is 35.4 Å². The summed E-state index contributed by atoms with van der Waals surface area (Å²) in [5.41, 5.74) is 2.00. The number of epoxide rings is 2. The quantitative estimate of drug-likeness (QED) is 0.798. The Balaban J connectivity index is 0.000000149. The second-order valence-corrected chi connectivity index (χ2v) is 5.00. The van der Waals surface area contributed by atoms with E-state index in [1.807, 2.05) is 31.2 Å². The van der Waals surface area contributed by atoms with Crippen LogP contribution in [0.1, 0.15) is 11.1 Å². The van der Waals surface area contributed by atoms with Crippen molar-refractivity contribution in [3.8, 4) is 0 Å². The van der Waals surface area contributed by atoms with Gasteiger partial charge in [-0.2, -0.15) is 0 Å². The molecular weight excluding hydrogens is 260 g/mol. The first kappa shape index (κ1) is 15.0. The number of carboxylic acids is 1. The number of hydrogen-bond acceptors (Lipinski definition) is 4. The van der Waals surface area contributed by atoms with E-state index in [4.69, 9.17) is 19.3 Å². The molecule has 2 saturated heterocycles. The number of aliphatic carboxylic acids is 1. The molecule has 5 nitrogen and oxygen atoms in total. The number of benzene rings is 1. The van der Waals surface area contributed by atoms with Crippen LogP contribution in [0, 0.1) is 6.92 Å². The average Bonchev–Trinajstić information content (AvgIpc) is 3.26. The molecule has 110 valence electrons. The van der Waals surface area contributed by atoms with Gasteiger partial charge in [-0.1, -0.05) is 29.8 Å². The summed E-state index contributed by atoms with van der Waals surface area (Å²) in [6.07, 6.45) is 0.896. The van der Waals surface area contributed by atoms with E-state index in [9.17, 15) is 4.79 Å². The van der Waals surface area contributed by atoms with Crippen LogP contribution in [0.2, 0.25) is 0 Å². The van der Waals surface area contributed by atoms with Crippen molar-refractivity contribution in [1.29, 1.82) is 0 Å². The Morgan fingerprint density at radius 2 is 1.70 bits per heavy atom. The first-order chi connectivity index (χ1) is 9.63. The molecule has 1 N–H and O–H groups in total. The number of aryl methyl sites for hydroxylation is 1. The fourth-order valence-corrected chi connectivity index (χ4v) is 1.54. The molecular formula is C15H20O5. The number of carbonyl (C=O) groups is 1. The van der Waals surface area contributed by atoms with Crippen molar-refractivity contribution in [2.24, 2.45) is 0 Å². The normalized spacial score (nSPS) is 22.6. The Kier molecular flexibility index (Phi) is 5.52. The molecule has 3 rings (SSSR count). The standard InChI is InChI=1S/C9H10O2.C6H10O3/c1-7-2-4-8(5-3-7)6-9(10)11;1(5-3-8-5)7-2-6-4-9-6/h2-5H,6H2,1H3,(H,10,11);5-6H,1-4H2. The lowest BCUT2D eigenvalue weighted by Crippen LogP contribution is -2.06. The van der Waals surface area contributed by atoms with E-state index in [1.165, 1.54) is 0 Å². The van der Waals surface area contributed by atoms with Gasteiger partial charge in [0, 0.05) is 0 Å². The number of ether oxygens (including phenoxy) is 3. The van der Waals surface area contributed by atoms with E-state index in [0.29, 0.717) is 12.2 Å². The third-order valence-electron chi connectivity index (χ3n) is 2.89. The maximum absolute atomic E-state index is 10.3. The lowest BCUT2D eigenvalue weighted by Gasteiger charge is -1.96. The molecule has 2 atom stereocenters. The van der Waals surface area contributed by atoms with E-state index in [-0.39, 0.29) is 6.42 Å². The zero-order chi connectivity index (χ0) is 14.4. The van der Waals surface area contributed by atoms with Gasteiger partial charge >= 0.3 is 5.97 Å². The van der Waals surface area contributed by atoms with E-state index in [2.05, 4.69) is 0 Å². The van der Waals surface area contributed by atoms with Crippen molar-refractivity contribution >= 4 is 5.97 Å². The number of carboxylic acid groups (broad SMARTS) is 1. The van der Waals surface area contributed by atoms with Gasteiger partial charge in [0.2, 0.25) is 0 Å². The van der Waals surface area contributed by atoms with Crippen LogP contribution < -0.4 is 0 Å². The zero-order valence-electron chi connectivity index (χ0n) is 11.6. The van der Waals surface area contributed by atoms with Crippen LogP contribution in [-0.4, -0.2) is 49.7 Å². The maximum Gasteiger partial charge on any atom is 0.307 e. The molecule has 2 unspecified atom stereocenters. The third kappa shape index (κ3) is 6.65. The second kappa shape index (κ2) is 7.38. The molecule has 0 radical (unpaired) electrons. The Labute approximate surface area is 118 Å². The Hall–Kier alpha value is -1.43. The molecule has 2 aliphatic rings. The third-order valence-corrected chi connectivity index (χ3v) is 2.89. The van der Waals surface area contributed by atoms with Gasteiger partial charge in [0.05, 0.1) is 32.8 Å². The Bertz CT molecular complexity index is 408. The van der Waals surface area contributed by atoms with Gasteiger partial charge in [-0.3, -0.25) is 4.79 Å². The average molecular weight is 280 g/mol. The van der Waals surface area contributed by atoms with Crippen LogP contribution >= 0.6 is 0 Å². The Morgan fingerprint density at radius 3 is 2.10 bits per heavy atom. The minimum atomic E-state index is -0.783. The molecule has 0 bridgehead atoms. The zero-order valence-corrected chi connectivity index (χ0v) is 11.6. The van der Waals surface area contributed by atoms with Crippen LogP contribution in [0.25, 0.3) is 0 Å². The van der Waals surface area contributed by atoms with Gasteiger partial charge in [-0.05, 0) is 12.5 Å². The summed E-state index contributed by atoms with van der Waals surface area (Å²) in [6, 6.07) is 7.50. The van der Waals surface area contributed by atoms with Crippen molar-refractivity contribution in [3.63, 3.8) is 0 Å². The summed E-state index contributed by atoms with van der Waals surface area (Å²) in [5.74, 6) is -0.783. The second-order valence-electron chi connectivity index (χ2n) is 5.00. The highest BCUT2D eigenvalue weighted by Crippen LogP contribution is 2.12. The minimum absolute atomic E-state index is 0.111. The van der Waals surface area contributed by atoms with Gasteiger partial charge in [0.25, 0.3) is 0 Å². The monoisotopic (exact) mass is 280 g/mol. The lowest BCUT2D eigenvalue weighted by molar-refractivity contribution is -0.136. The molecule has 0 aromatic heterocycles. The molecule has 0 aliphatic carbocycles. The van der Waals surface area contributed by atoms with Gasteiger partial charge in [-0.25, -0.2) is 0 Å². The van der Waals surface area contributed by atoms with Crippen LogP contribution in [0.4, 0.5) is 0 Å². The number of hydrogen-bond donors (Lipinski definition) is 1. The predicted molar refractivity (Wildman–Crippen MR) is 72.8 cm³/mol. The summed E-state index contributed by atoms with van der Waals surface area (Å²) in [5, 5.41) is 8.44. The summed E-state index contributed by atoms with van der Waals surface area (Å²) in [6.45, 7) is 5.24. The molecule has 0 spiro atoms. The molecule has 0 amide bonds. The Morgan fingerprint density at radius 1 is 1.20 bits per heavy atom. The highest BCUT2D eigenvalue weighted by molar-refractivity contribution is 5.70. The first-order valence-corrected chi connectivity index (χ1v) is 6.72. The molecule has 20 heavy (non-hydrogen) atoms. The highest BCUT2D eigenvalue weighted by Gasteiger charge is 2.26. The van der Waals surface area contributed by atoms with Gasteiger partial charge in [0.15, 0.2) is 0 Å². The lowest BCUT2D eigenvalue weighted by atomic mass is 10.1. The van der Waals surface area contributed by atoms with Crippen molar-refractivity contribution < 1.29 is 24.1 Å². The molecule has 1 aromatic rings. The fourth-order valence-electron chi connectivity index (χ4n) is 1.54. The van der Waals surface area contributed by atoms with E-state index >= 15 is 0 Å². The SMILES string of the molecule is C(OCC1CO1)C1CO1.Cc1ccc(CC(=O)O)cc1. The van der Waals surface area contributed by atoms with Crippen molar-refractivity contribution in [2.45, 2.75) is 25.6 Å². The van der Waals surface area contributed by atoms with Gasteiger partial charge < -0.3 is 19.3 Å². The minimum Gasteiger partial charge on any atom is -0.481 e. The summed E-state index contributed by atoms with van der Waals surface area (Å²) >= 11 is 0. The summed E-state index contributed by atoms with van der Waals surface area (Å²) in [4.78, 5) is 10.3. The largest absolute Gasteiger partial charge is 0.481 e. The molecule has 2 heterocycles. The van der Waals surface area contributed by atoms with E-state index < -0.39 is 5.97 Å². The maximum atomic E-state index is 10.3. The van der Waals surface area contributed by atoms with E-state index in [1.54, 1.807) is 0 Å². The summed E-state index contributed by atoms with van der Waals surface area (Å²) < 4.78 is 15.1. The number of rotatable bonds is 6. The van der Waals surface area contributed by atoms with Crippen molar-refractivity contribution in [2.75, 3.05) is 26.4 Å². The van der Waals surface area contributed by atoms with Crippen LogP contribution in [-0.2, 0) is 25.4 Å².